The van der Waals surface area contributed by atoms with Gasteiger partial charge in [-0.25, -0.2) is 9.59 Å². The van der Waals surface area contributed by atoms with Gasteiger partial charge in [0.25, 0.3) is 0 Å². The van der Waals surface area contributed by atoms with Crippen LogP contribution >= 0.6 is 0 Å². The second-order valence-corrected chi connectivity index (χ2v) is 8.39. The molecule has 0 aromatic carbocycles. The fraction of sp³-hybridized carbons (Fsp3) is 0.882. The van der Waals surface area contributed by atoms with Crippen molar-refractivity contribution in [1.29, 1.82) is 0 Å². The van der Waals surface area contributed by atoms with E-state index in [1.165, 1.54) is 0 Å². The summed E-state index contributed by atoms with van der Waals surface area (Å²) in [5.41, 5.74) is -0.759. The molecule has 150 valence electrons. The van der Waals surface area contributed by atoms with Crippen LogP contribution in [0.5, 0.6) is 0 Å². The van der Waals surface area contributed by atoms with E-state index in [9.17, 15) is 14.7 Å². The Morgan fingerprint density at radius 2 is 1.73 bits per heavy atom. The molecule has 4 atom stereocenters. The van der Waals surface area contributed by atoms with Gasteiger partial charge < -0.3 is 34.1 Å². The molecule has 2 heterocycles. The lowest BCUT2D eigenvalue weighted by atomic mass is 10.0. The van der Waals surface area contributed by atoms with Crippen molar-refractivity contribution in [2.24, 2.45) is 0 Å². The number of amides is 1. The maximum atomic E-state index is 12.1. The summed E-state index contributed by atoms with van der Waals surface area (Å²) >= 11 is 0. The lowest BCUT2D eigenvalue weighted by Crippen LogP contribution is -2.55. The molecular weight excluding hydrogens is 346 g/mol. The number of carboxylic acids is 1. The van der Waals surface area contributed by atoms with Crippen molar-refractivity contribution in [3.63, 3.8) is 0 Å². The average molecular weight is 375 g/mol. The summed E-state index contributed by atoms with van der Waals surface area (Å²) in [4.78, 5) is 23.9. The summed E-state index contributed by atoms with van der Waals surface area (Å²) in [5, 5.41) is 12.0. The summed E-state index contributed by atoms with van der Waals surface area (Å²) in [6.45, 7) is 12.2. The van der Waals surface area contributed by atoms with E-state index in [4.69, 9.17) is 23.7 Å². The fourth-order valence-corrected chi connectivity index (χ4v) is 2.96. The van der Waals surface area contributed by atoms with Crippen LogP contribution < -0.4 is 5.32 Å². The lowest BCUT2D eigenvalue weighted by molar-refractivity contribution is -0.175. The number of rotatable bonds is 4. The molecule has 0 aliphatic carbocycles. The first-order valence-corrected chi connectivity index (χ1v) is 8.59. The second-order valence-electron chi connectivity index (χ2n) is 8.39. The Bertz CT molecular complexity index is 553. The molecule has 0 aromatic heterocycles. The van der Waals surface area contributed by atoms with Crippen LogP contribution in [0.25, 0.3) is 0 Å². The monoisotopic (exact) mass is 375 g/mol. The van der Waals surface area contributed by atoms with Crippen molar-refractivity contribution in [3.8, 4) is 0 Å². The standard InChI is InChI=1S/C17H29NO8/c1-15(2,3)26-14(21)18-10(13(19)20)12-11(24-17(6,7)25-12)9-8-22-16(4,5)23-9/h9-12H,8H2,1-7H3,(H,18,21)(H,19,20)/t9-,10+,11-,12-/m1/s1. The van der Waals surface area contributed by atoms with Gasteiger partial charge in [-0.05, 0) is 48.5 Å². The molecule has 26 heavy (non-hydrogen) atoms. The normalized spacial score (nSPS) is 31.4. The molecule has 2 fully saturated rings. The molecule has 0 saturated carbocycles. The highest BCUT2D eigenvalue weighted by molar-refractivity contribution is 5.80. The van der Waals surface area contributed by atoms with Crippen molar-refractivity contribution in [3.05, 3.63) is 0 Å². The van der Waals surface area contributed by atoms with E-state index in [0.29, 0.717) is 0 Å². The van der Waals surface area contributed by atoms with Crippen LogP contribution in [-0.4, -0.2) is 65.3 Å². The van der Waals surface area contributed by atoms with Crippen LogP contribution in [-0.2, 0) is 28.5 Å². The van der Waals surface area contributed by atoms with Gasteiger partial charge >= 0.3 is 12.1 Å². The predicted molar refractivity (Wildman–Crippen MR) is 89.5 cm³/mol. The minimum Gasteiger partial charge on any atom is -0.480 e. The minimum absolute atomic E-state index is 0.229. The first-order valence-electron chi connectivity index (χ1n) is 8.59. The average Bonchev–Trinajstić information content (AvgIpc) is 2.93. The Hall–Kier alpha value is -1.42. The Morgan fingerprint density at radius 3 is 2.19 bits per heavy atom. The highest BCUT2D eigenvalue weighted by Crippen LogP contribution is 2.36. The van der Waals surface area contributed by atoms with Crippen LogP contribution in [0.15, 0.2) is 0 Å². The third-order valence-electron chi connectivity index (χ3n) is 3.83. The van der Waals surface area contributed by atoms with Gasteiger partial charge in [-0.2, -0.15) is 0 Å². The van der Waals surface area contributed by atoms with E-state index >= 15 is 0 Å². The summed E-state index contributed by atoms with van der Waals surface area (Å²) < 4.78 is 28.2. The van der Waals surface area contributed by atoms with Crippen molar-refractivity contribution in [1.82, 2.24) is 5.32 Å². The Kier molecular flexibility index (Phi) is 5.59. The van der Waals surface area contributed by atoms with Crippen molar-refractivity contribution in [2.45, 2.75) is 90.0 Å². The molecular formula is C17H29NO8. The van der Waals surface area contributed by atoms with Gasteiger partial charge in [0, 0.05) is 0 Å². The van der Waals surface area contributed by atoms with Crippen LogP contribution in [0.4, 0.5) is 4.79 Å². The molecule has 2 N–H and O–H groups in total. The summed E-state index contributed by atoms with van der Waals surface area (Å²) in [6, 6.07) is -1.37. The first kappa shape index (κ1) is 20.9. The van der Waals surface area contributed by atoms with Crippen molar-refractivity contribution >= 4 is 12.1 Å². The zero-order valence-electron chi connectivity index (χ0n) is 16.3. The highest BCUT2D eigenvalue weighted by atomic mass is 16.8. The van der Waals surface area contributed by atoms with Gasteiger partial charge in [0.05, 0.1) is 6.61 Å². The highest BCUT2D eigenvalue weighted by Gasteiger charge is 2.54. The molecule has 0 radical (unpaired) electrons. The topological polar surface area (TPSA) is 113 Å². The number of hydrogen-bond acceptors (Lipinski definition) is 7. The molecule has 0 bridgehead atoms. The van der Waals surface area contributed by atoms with E-state index in [1.807, 2.05) is 0 Å². The third kappa shape index (κ3) is 5.29. The molecule has 2 aliphatic heterocycles. The third-order valence-corrected chi connectivity index (χ3v) is 3.83. The van der Waals surface area contributed by atoms with Crippen molar-refractivity contribution < 1.29 is 38.4 Å². The van der Waals surface area contributed by atoms with Gasteiger partial charge in [-0.1, -0.05) is 0 Å². The summed E-state index contributed by atoms with van der Waals surface area (Å²) in [7, 11) is 0. The molecule has 0 unspecified atom stereocenters. The number of aliphatic carboxylic acids is 1. The van der Waals surface area contributed by atoms with Gasteiger partial charge in [0.2, 0.25) is 0 Å². The van der Waals surface area contributed by atoms with Crippen LogP contribution in [0.1, 0.15) is 48.5 Å². The zero-order valence-corrected chi connectivity index (χ0v) is 16.3. The maximum Gasteiger partial charge on any atom is 0.408 e. The van der Waals surface area contributed by atoms with Crippen LogP contribution in [0.3, 0.4) is 0 Å². The molecule has 1 amide bonds. The molecule has 2 saturated heterocycles. The zero-order chi connectivity index (χ0) is 19.9. The van der Waals surface area contributed by atoms with Gasteiger partial charge in [0.1, 0.15) is 23.9 Å². The summed E-state index contributed by atoms with van der Waals surface area (Å²) in [5.74, 6) is -3.09. The van der Waals surface area contributed by atoms with Crippen LogP contribution in [0.2, 0.25) is 0 Å². The number of ether oxygens (including phenoxy) is 5. The molecule has 9 heteroatoms. The van der Waals surface area contributed by atoms with Crippen LogP contribution in [0, 0.1) is 0 Å². The smallest absolute Gasteiger partial charge is 0.408 e. The number of nitrogens with one attached hydrogen (secondary N) is 1. The number of alkyl carbamates (subject to hydrolysis) is 1. The lowest BCUT2D eigenvalue weighted by Gasteiger charge is -2.28. The number of hydrogen-bond donors (Lipinski definition) is 2. The summed E-state index contributed by atoms with van der Waals surface area (Å²) in [6.07, 6.45) is -3.08. The number of carbonyl (C=O) groups excluding carboxylic acids is 1. The molecule has 2 aliphatic rings. The predicted octanol–water partition coefficient (Wildman–Crippen LogP) is 1.64. The van der Waals surface area contributed by atoms with E-state index in [-0.39, 0.29) is 6.61 Å². The largest absolute Gasteiger partial charge is 0.480 e. The molecule has 9 nitrogen and oxygen atoms in total. The van der Waals surface area contributed by atoms with E-state index in [0.717, 1.165) is 0 Å². The quantitative estimate of drug-likeness (QED) is 0.762. The molecule has 0 spiro atoms. The van der Waals surface area contributed by atoms with E-state index in [2.05, 4.69) is 5.32 Å². The fourth-order valence-electron chi connectivity index (χ4n) is 2.96. The van der Waals surface area contributed by atoms with Crippen molar-refractivity contribution in [2.75, 3.05) is 6.61 Å². The van der Waals surface area contributed by atoms with Gasteiger partial charge in [-0.3, -0.25) is 0 Å². The number of carboxylic acid groups (broad SMARTS) is 1. The van der Waals surface area contributed by atoms with E-state index in [1.54, 1.807) is 48.5 Å². The Balaban J connectivity index is 2.18. The Labute approximate surface area is 153 Å². The van der Waals surface area contributed by atoms with Gasteiger partial charge in [-0.15, -0.1) is 0 Å². The Morgan fingerprint density at radius 1 is 1.12 bits per heavy atom. The first-order chi connectivity index (χ1) is 11.7. The van der Waals surface area contributed by atoms with Gasteiger partial charge in [0.15, 0.2) is 17.6 Å². The minimum atomic E-state index is -1.37. The number of carbonyl (C=O) groups is 2. The molecule has 2 rings (SSSR count). The molecule has 0 aromatic rings. The second kappa shape index (κ2) is 6.95. The van der Waals surface area contributed by atoms with E-state index < -0.39 is 53.6 Å². The maximum absolute atomic E-state index is 12.1. The SMILES string of the molecule is CC(C)(C)OC(=O)N[C@H](C(=O)O)[C@H]1OC(C)(C)O[C@@H]1[C@H]1COC(C)(C)O1.